The van der Waals surface area contributed by atoms with Gasteiger partial charge >= 0.3 is 0 Å². The molecule has 232 valence electrons. The van der Waals surface area contributed by atoms with E-state index >= 15 is 0 Å². The van der Waals surface area contributed by atoms with E-state index in [0.717, 1.165) is 36.2 Å². The van der Waals surface area contributed by atoms with Gasteiger partial charge in [-0.3, -0.25) is 9.59 Å². The third kappa shape index (κ3) is 8.50. The zero-order valence-electron chi connectivity index (χ0n) is 24.2. The predicted octanol–water partition coefficient (Wildman–Crippen LogP) is 4.55. The Bertz CT molecular complexity index is 1690. The summed E-state index contributed by atoms with van der Waals surface area (Å²) in [5, 5.41) is 11.9. The van der Waals surface area contributed by atoms with Crippen molar-refractivity contribution in [3.8, 4) is 11.1 Å². The minimum Gasteiger partial charge on any atom is -0.390 e. The van der Waals surface area contributed by atoms with Crippen molar-refractivity contribution in [2.24, 2.45) is 0 Å². The first-order chi connectivity index (χ1) is 21.1. The van der Waals surface area contributed by atoms with Gasteiger partial charge in [0.25, 0.3) is 15.9 Å². The molecule has 0 aliphatic rings. The number of carbonyl (C=O) groups excluding carboxylic acids is 2. The number of thiol groups is 1. The highest BCUT2D eigenvalue weighted by Crippen LogP contribution is 2.28. The van der Waals surface area contributed by atoms with E-state index in [2.05, 4.69) is 34.6 Å². The molecule has 44 heavy (non-hydrogen) atoms. The topological polar surface area (TPSA) is 130 Å². The molecular weight excluding hydrogens is 620 g/mol. The smallest absolute Gasteiger partial charge is 0.264 e. The van der Waals surface area contributed by atoms with Crippen LogP contribution in [-0.2, 0) is 45.6 Å². The second-order valence-corrected chi connectivity index (χ2v) is 12.9. The van der Waals surface area contributed by atoms with Crippen LogP contribution in [0.3, 0.4) is 0 Å². The number of hydrogen-bond acceptors (Lipinski definition) is 7. The number of aliphatic hydroxyl groups is 1. The number of nitrogens with one attached hydrogen (secondary N) is 2. The molecule has 0 saturated heterocycles. The van der Waals surface area contributed by atoms with E-state index in [4.69, 9.17) is 11.6 Å². The number of aromatic nitrogens is 2. The molecule has 4 rings (SSSR count). The van der Waals surface area contributed by atoms with Gasteiger partial charge in [0.15, 0.2) is 5.15 Å². The lowest BCUT2D eigenvalue weighted by molar-refractivity contribution is -0.124. The van der Waals surface area contributed by atoms with E-state index in [1.54, 1.807) is 30.3 Å². The van der Waals surface area contributed by atoms with Gasteiger partial charge in [-0.25, -0.2) is 18.1 Å². The maximum Gasteiger partial charge on any atom is 0.264 e. The zero-order valence-corrected chi connectivity index (χ0v) is 26.7. The Labute approximate surface area is 268 Å². The maximum atomic E-state index is 13.3. The van der Waals surface area contributed by atoms with E-state index in [1.165, 1.54) is 6.07 Å². The van der Waals surface area contributed by atoms with Crippen LogP contribution in [0.4, 0.5) is 0 Å². The number of halogens is 1. The lowest BCUT2D eigenvalue weighted by Gasteiger charge is -2.14. The van der Waals surface area contributed by atoms with E-state index in [0.29, 0.717) is 29.8 Å². The minimum atomic E-state index is -4.26. The summed E-state index contributed by atoms with van der Waals surface area (Å²) in [6.07, 6.45) is 3.03. The summed E-state index contributed by atoms with van der Waals surface area (Å²) in [7, 11) is -4.26. The molecule has 9 nitrogen and oxygen atoms in total. The SMILES string of the molecule is CCCCc1nc(Cl)c(CO)n1Cc1ccc(-c2ccccc2S(=O)(=O)NC(=O)CNC(=O)[C@@H](S)Cc2ccccc2)cc1. The average molecular weight is 655 g/mol. The highest BCUT2D eigenvalue weighted by atomic mass is 35.5. The highest BCUT2D eigenvalue weighted by Gasteiger charge is 2.23. The molecule has 0 radical (unpaired) electrons. The summed E-state index contributed by atoms with van der Waals surface area (Å²) < 4.78 is 30.5. The van der Waals surface area contributed by atoms with Crippen molar-refractivity contribution >= 4 is 46.1 Å². The van der Waals surface area contributed by atoms with Gasteiger partial charge in [0.2, 0.25) is 5.91 Å². The third-order valence-corrected chi connectivity index (χ3v) is 9.19. The molecule has 0 spiro atoms. The van der Waals surface area contributed by atoms with Crippen LogP contribution >= 0.6 is 24.2 Å². The van der Waals surface area contributed by atoms with Gasteiger partial charge in [0.05, 0.1) is 29.0 Å². The Morgan fingerprint density at radius 1 is 1.00 bits per heavy atom. The number of sulfonamides is 1. The van der Waals surface area contributed by atoms with Crippen LogP contribution in [0.15, 0.2) is 83.8 Å². The Hall–Kier alpha value is -3.64. The van der Waals surface area contributed by atoms with Crippen molar-refractivity contribution in [1.82, 2.24) is 19.6 Å². The van der Waals surface area contributed by atoms with Gasteiger partial charge in [-0.15, -0.1) is 0 Å². The number of imidazole rings is 1. The summed E-state index contributed by atoms with van der Waals surface area (Å²) in [5.41, 5.74) is 3.41. The second-order valence-electron chi connectivity index (χ2n) is 10.3. The first-order valence-electron chi connectivity index (χ1n) is 14.2. The quantitative estimate of drug-likeness (QED) is 0.148. The van der Waals surface area contributed by atoms with Crippen molar-refractivity contribution < 1.29 is 23.1 Å². The van der Waals surface area contributed by atoms with Crippen molar-refractivity contribution in [1.29, 1.82) is 0 Å². The number of aryl methyl sites for hydroxylation is 1. The molecule has 1 aromatic heterocycles. The minimum absolute atomic E-state index is 0.0746. The summed E-state index contributed by atoms with van der Waals surface area (Å²) >= 11 is 10.6. The van der Waals surface area contributed by atoms with E-state index < -0.39 is 33.6 Å². The lowest BCUT2D eigenvalue weighted by Crippen LogP contribution is -2.42. The number of carbonyl (C=O) groups is 2. The van der Waals surface area contributed by atoms with E-state index in [-0.39, 0.29) is 16.7 Å². The standard InChI is InChI=1S/C32H35ClN4O5S2/c1-2-3-13-29-35-31(33)26(21-38)37(29)20-23-14-16-24(17-15-23)25-11-7-8-12-28(25)44(41,42)36-30(39)19-34-32(40)27(43)18-22-9-5-4-6-10-22/h4-12,14-17,27,38,43H,2-3,13,18-21H2,1H3,(H,34,40)(H,36,39)/t27-/m0/s1. The molecule has 0 aliphatic heterocycles. The van der Waals surface area contributed by atoms with Crippen molar-refractivity contribution in [2.45, 2.75) is 55.9 Å². The fourth-order valence-electron chi connectivity index (χ4n) is 4.74. The summed E-state index contributed by atoms with van der Waals surface area (Å²) in [6.45, 7) is 1.78. The van der Waals surface area contributed by atoms with E-state index in [9.17, 15) is 23.1 Å². The molecule has 1 heterocycles. The Kier molecular flexibility index (Phi) is 11.6. The summed E-state index contributed by atoms with van der Waals surface area (Å²) in [4.78, 5) is 29.4. The number of nitrogens with zero attached hydrogens (tertiary/aromatic N) is 2. The van der Waals surface area contributed by atoms with Gasteiger partial charge in [-0.2, -0.15) is 12.6 Å². The number of rotatable bonds is 14. The Morgan fingerprint density at radius 2 is 1.68 bits per heavy atom. The van der Waals surface area contributed by atoms with Crippen molar-refractivity contribution in [3.63, 3.8) is 0 Å². The van der Waals surface area contributed by atoms with Crippen LogP contribution in [-0.4, -0.2) is 46.7 Å². The Morgan fingerprint density at radius 3 is 2.36 bits per heavy atom. The molecule has 0 unspecified atom stereocenters. The largest absolute Gasteiger partial charge is 0.390 e. The van der Waals surface area contributed by atoms with Crippen molar-refractivity contribution in [2.75, 3.05) is 6.54 Å². The lowest BCUT2D eigenvalue weighted by atomic mass is 10.0. The molecule has 2 amide bonds. The molecule has 0 saturated carbocycles. The van der Waals surface area contributed by atoms with Crippen LogP contribution in [0.1, 0.15) is 42.4 Å². The molecule has 3 N–H and O–H groups in total. The van der Waals surface area contributed by atoms with Crippen LogP contribution in [0.5, 0.6) is 0 Å². The normalized spacial score (nSPS) is 12.1. The van der Waals surface area contributed by atoms with Gasteiger partial charge in [-0.05, 0) is 35.6 Å². The predicted molar refractivity (Wildman–Crippen MR) is 174 cm³/mol. The number of benzene rings is 3. The molecule has 3 aromatic carbocycles. The number of amides is 2. The van der Waals surface area contributed by atoms with Crippen LogP contribution in [0, 0.1) is 0 Å². The fourth-order valence-corrected chi connectivity index (χ4v) is 6.51. The highest BCUT2D eigenvalue weighted by molar-refractivity contribution is 7.90. The molecule has 0 fully saturated rings. The number of unbranched alkanes of at least 4 members (excludes halogenated alkanes) is 1. The van der Waals surface area contributed by atoms with Crippen LogP contribution in [0.2, 0.25) is 5.15 Å². The van der Waals surface area contributed by atoms with Crippen LogP contribution < -0.4 is 10.0 Å². The first kappa shape index (κ1) is 33.3. The monoisotopic (exact) mass is 654 g/mol. The van der Waals surface area contributed by atoms with Crippen LogP contribution in [0.25, 0.3) is 11.1 Å². The first-order valence-corrected chi connectivity index (χ1v) is 16.6. The number of hydrogen-bond donors (Lipinski definition) is 4. The van der Waals surface area contributed by atoms with E-state index in [1.807, 2.05) is 47.0 Å². The zero-order chi connectivity index (χ0) is 31.7. The third-order valence-electron chi connectivity index (χ3n) is 7.03. The van der Waals surface area contributed by atoms with Gasteiger partial charge in [0.1, 0.15) is 5.82 Å². The molecule has 0 aliphatic carbocycles. The van der Waals surface area contributed by atoms with Gasteiger partial charge in [0, 0.05) is 18.5 Å². The molecule has 0 bridgehead atoms. The molecule has 12 heteroatoms. The molecular formula is C32H35ClN4O5S2. The average Bonchev–Trinajstić information content (AvgIpc) is 3.32. The van der Waals surface area contributed by atoms with Gasteiger partial charge < -0.3 is 15.0 Å². The fraction of sp³-hybridized carbons (Fsp3) is 0.281. The summed E-state index contributed by atoms with van der Waals surface area (Å²) in [5.74, 6) is -0.553. The van der Waals surface area contributed by atoms with Crippen molar-refractivity contribution in [3.05, 3.63) is 107 Å². The molecule has 4 aromatic rings. The van der Waals surface area contributed by atoms with Gasteiger partial charge in [-0.1, -0.05) is 97.7 Å². The second kappa shape index (κ2) is 15.4. The summed E-state index contributed by atoms with van der Waals surface area (Å²) in [6, 6.07) is 23.0. The maximum absolute atomic E-state index is 13.3. The number of aliphatic hydroxyl groups excluding tert-OH is 1. The molecule has 1 atom stereocenters. The Balaban J connectivity index is 1.44.